The molecule has 0 aromatic heterocycles. The highest BCUT2D eigenvalue weighted by atomic mass is 16.5. The van der Waals surface area contributed by atoms with Crippen LogP contribution in [0.15, 0.2) is 48.5 Å². The van der Waals surface area contributed by atoms with Crippen LogP contribution in [0.1, 0.15) is 24.5 Å². The first-order valence-electron chi connectivity index (χ1n) is 8.94. The number of nitrogens with one attached hydrogen (secondary N) is 2. The summed E-state index contributed by atoms with van der Waals surface area (Å²) in [6, 6.07) is 15.4. The second-order valence-corrected chi connectivity index (χ2v) is 6.57. The number of ether oxygens (including phenoxy) is 1. The Morgan fingerprint density at radius 1 is 1.04 bits per heavy atom. The number of carbonyl (C=O) groups is 2. The molecule has 1 saturated carbocycles. The molecule has 5 nitrogen and oxygen atoms in total. The van der Waals surface area contributed by atoms with Crippen LogP contribution in [0.5, 0.6) is 5.75 Å². The Balaban J connectivity index is 1.50. The Labute approximate surface area is 153 Å². The lowest BCUT2D eigenvalue weighted by Crippen LogP contribution is -2.27. The maximum Gasteiger partial charge on any atom is 0.228 e. The molecule has 2 amide bonds. The molecule has 2 atom stereocenters. The first kappa shape index (κ1) is 18.0. The number of benzene rings is 2. The molecule has 0 radical (unpaired) electrons. The molecular formula is C21H24N2O3. The van der Waals surface area contributed by atoms with E-state index in [1.165, 1.54) is 5.56 Å². The number of carbonyl (C=O) groups excluding carboxylic acids is 2. The van der Waals surface area contributed by atoms with Crippen molar-refractivity contribution in [1.82, 2.24) is 5.32 Å². The van der Waals surface area contributed by atoms with Crippen LogP contribution in [0, 0.1) is 18.8 Å². The van der Waals surface area contributed by atoms with Gasteiger partial charge in [0, 0.05) is 6.54 Å². The second-order valence-electron chi connectivity index (χ2n) is 6.57. The van der Waals surface area contributed by atoms with Gasteiger partial charge in [-0.1, -0.05) is 42.0 Å². The van der Waals surface area contributed by atoms with Crippen LogP contribution in [0.2, 0.25) is 0 Å². The van der Waals surface area contributed by atoms with E-state index in [9.17, 15) is 9.59 Å². The standard InChI is InChI=1S/C21H24N2O3/c1-3-26-19-7-5-4-6-18(19)23-21(25)17-12-16(17)20(24)22-13-15-10-8-14(2)9-11-15/h4-11,16-17H,3,12-13H2,1-2H3,(H,22,24)(H,23,25). The molecule has 0 aliphatic heterocycles. The molecule has 0 heterocycles. The first-order valence-corrected chi connectivity index (χ1v) is 8.94. The van der Waals surface area contributed by atoms with Gasteiger partial charge in [0.05, 0.1) is 24.1 Å². The lowest BCUT2D eigenvalue weighted by Gasteiger charge is -2.11. The van der Waals surface area contributed by atoms with Crippen LogP contribution in [0.4, 0.5) is 5.69 Å². The maximum atomic E-state index is 12.4. The van der Waals surface area contributed by atoms with Crippen molar-refractivity contribution < 1.29 is 14.3 Å². The molecule has 2 N–H and O–H groups in total. The maximum absolute atomic E-state index is 12.4. The van der Waals surface area contributed by atoms with Gasteiger partial charge < -0.3 is 15.4 Å². The van der Waals surface area contributed by atoms with Crippen molar-refractivity contribution in [2.24, 2.45) is 11.8 Å². The monoisotopic (exact) mass is 352 g/mol. The fourth-order valence-corrected chi connectivity index (χ4v) is 2.88. The topological polar surface area (TPSA) is 67.4 Å². The highest BCUT2D eigenvalue weighted by Gasteiger charge is 2.48. The second kappa shape index (κ2) is 8.04. The minimum Gasteiger partial charge on any atom is -0.492 e. The van der Waals surface area contributed by atoms with E-state index >= 15 is 0 Å². The van der Waals surface area contributed by atoms with Crippen LogP contribution in [0.3, 0.4) is 0 Å². The number of aryl methyl sites for hydroxylation is 1. The van der Waals surface area contributed by atoms with Crippen molar-refractivity contribution in [3.05, 3.63) is 59.7 Å². The van der Waals surface area contributed by atoms with E-state index in [0.717, 1.165) is 5.56 Å². The number of para-hydroxylation sites is 2. The normalized spacial score (nSPS) is 18.1. The third-order valence-electron chi connectivity index (χ3n) is 4.50. The van der Waals surface area contributed by atoms with E-state index in [1.807, 2.05) is 56.3 Å². The van der Waals surface area contributed by atoms with Gasteiger partial charge in [-0.15, -0.1) is 0 Å². The zero-order chi connectivity index (χ0) is 18.5. The zero-order valence-corrected chi connectivity index (χ0v) is 15.1. The van der Waals surface area contributed by atoms with Crippen molar-refractivity contribution in [3.63, 3.8) is 0 Å². The summed E-state index contributed by atoms with van der Waals surface area (Å²) in [7, 11) is 0. The Hall–Kier alpha value is -2.82. The molecule has 1 aliphatic carbocycles. The summed E-state index contributed by atoms with van der Waals surface area (Å²) in [4.78, 5) is 24.7. The fourth-order valence-electron chi connectivity index (χ4n) is 2.88. The van der Waals surface area contributed by atoms with Crippen LogP contribution >= 0.6 is 0 Å². The van der Waals surface area contributed by atoms with Gasteiger partial charge in [0.2, 0.25) is 11.8 Å². The molecule has 3 rings (SSSR count). The average molecular weight is 352 g/mol. The highest BCUT2D eigenvalue weighted by Crippen LogP contribution is 2.40. The van der Waals surface area contributed by atoms with Gasteiger partial charge in [-0.05, 0) is 38.0 Å². The van der Waals surface area contributed by atoms with E-state index in [-0.39, 0.29) is 23.7 Å². The van der Waals surface area contributed by atoms with Crippen molar-refractivity contribution in [1.29, 1.82) is 0 Å². The Bertz CT molecular complexity index is 786. The minimum atomic E-state index is -0.275. The molecule has 0 spiro atoms. The van der Waals surface area contributed by atoms with Crippen molar-refractivity contribution >= 4 is 17.5 Å². The average Bonchev–Trinajstić information content (AvgIpc) is 3.44. The lowest BCUT2D eigenvalue weighted by atomic mass is 10.1. The molecule has 1 aliphatic rings. The first-order chi connectivity index (χ1) is 12.6. The van der Waals surface area contributed by atoms with Crippen LogP contribution < -0.4 is 15.4 Å². The van der Waals surface area contributed by atoms with Crippen LogP contribution in [-0.4, -0.2) is 18.4 Å². The summed E-state index contributed by atoms with van der Waals surface area (Å²) >= 11 is 0. The molecule has 1 fully saturated rings. The molecule has 2 aromatic carbocycles. The molecule has 0 bridgehead atoms. The third-order valence-corrected chi connectivity index (χ3v) is 4.50. The number of rotatable bonds is 7. The Kier molecular flexibility index (Phi) is 5.56. The Morgan fingerprint density at radius 3 is 2.46 bits per heavy atom. The molecule has 26 heavy (non-hydrogen) atoms. The quantitative estimate of drug-likeness (QED) is 0.803. The summed E-state index contributed by atoms with van der Waals surface area (Å²) in [5, 5.41) is 5.80. The number of hydrogen-bond donors (Lipinski definition) is 2. The van der Waals surface area contributed by atoms with E-state index in [2.05, 4.69) is 10.6 Å². The predicted molar refractivity (Wildman–Crippen MR) is 101 cm³/mol. The van der Waals surface area contributed by atoms with Gasteiger partial charge in [-0.2, -0.15) is 0 Å². The number of amides is 2. The van der Waals surface area contributed by atoms with E-state index in [4.69, 9.17) is 4.74 Å². The molecule has 0 saturated heterocycles. The van der Waals surface area contributed by atoms with Gasteiger partial charge in [0.1, 0.15) is 5.75 Å². The van der Waals surface area contributed by atoms with Gasteiger partial charge in [0.15, 0.2) is 0 Å². The number of anilines is 1. The summed E-state index contributed by atoms with van der Waals surface area (Å²) in [5.74, 6) is -0.0803. The molecular weight excluding hydrogens is 328 g/mol. The zero-order valence-electron chi connectivity index (χ0n) is 15.1. The predicted octanol–water partition coefficient (Wildman–Crippen LogP) is 3.28. The lowest BCUT2D eigenvalue weighted by molar-refractivity contribution is -0.125. The van der Waals surface area contributed by atoms with Gasteiger partial charge in [-0.3, -0.25) is 9.59 Å². The van der Waals surface area contributed by atoms with Gasteiger partial charge in [0.25, 0.3) is 0 Å². The number of hydrogen-bond acceptors (Lipinski definition) is 3. The smallest absolute Gasteiger partial charge is 0.228 e. The van der Waals surface area contributed by atoms with Crippen molar-refractivity contribution in [2.75, 3.05) is 11.9 Å². The van der Waals surface area contributed by atoms with Gasteiger partial charge in [-0.25, -0.2) is 0 Å². The van der Waals surface area contributed by atoms with Crippen LogP contribution in [-0.2, 0) is 16.1 Å². The molecule has 136 valence electrons. The summed E-state index contributed by atoms with van der Waals surface area (Å²) < 4.78 is 5.51. The summed E-state index contributed by atoms with van der Waals surface area (Å²) in [6.07, 6.45) is 0.586. The van der Waals surface area contributed by atoms with Gasteiger partial charge >= 0.3 is 0 Å². The third kappa shape index (κ3) is 4.42. The van der Waals surface area contributed by atoms with Crippen molar-refractivity contribution in [3.8, 4) is 5.75 Å². The van der Waals surface area contributed by atoms with E-state index in [1.54, 1.807) is 6.07 Å². The van der Waals surface area contributed by atoms with E-state index < -0.39 is 0 Å². The summed E-state index contributed by atoms with van der Waals surface area (Å²) in [6.45, 7) is 4.94. The molecule has 2 aromatic rings. The van der Waals surface area contributed by atoms with Crippen LogP contribution in [0.25, 0.3) is 0 Å². The Morgan fingerprint density at radius 2 is 1.73 bits per heavy atom. The minimum absolute atomic E-state index is 0.0659. The largest absolute Gasteiger partial charge is 0.492 e. The molecule has 5 heteroatoms. The fraction of sp³-hybridized carbons (Fsp3) is 0.333. The SMILES string of the molecule is CCOc1ccccc1NC(=O)C1CC1C(=O)NCc1ccc(C)cc1. The molecule has 2 unspecified atom stereocenters. The van der Waals surface area contributed by atoms with E-state index in [0.29, 0.717) is 31.0 Å². The van der Waals surface area contributed by atoms with Crippen molar-refractivity contribution in [2.45, 2.75) is 26.8 Å². The summed E-state index contributed by atoms with van der Waals surface area (Å²) in [5.41, 5.74) is 2.88. The highest BCUT2D eigenvalue weighted by molar-refractivity contribution is 6.00.